The number of methoxy groups -OCH3 is 1. The third-order valence-corrected chi connectivity index (χ3v) is 5.37. The summed E-state index contributed by atoms with van der Waals surface area (Å²) >= 11 is 0. The maximum absolute atomic E-state index is 8.84. The average molecular weight is 404 g/mol. The lowest BCUT2D eigenvalue weighted by molar-refractivity contribution is 0.239. The molecule has 4 heterocycles. The first-order valence-corrected chi connectivity index (χ1v) is 9.84. The van der Waals surface area contributed by atoms with E-state index in [1.54, 1.807) is 36.3 Å². The Morgan fingerprint density at radius 1 is 1.23 bits per heavy atom. The van der Waals surface area contributed by atoms with Gasteiger partial charge in [-0.3, -0.25) is 9.88 Å². The largest absolute Gasteiger partial charge is 0.481 e. The van der Waals surface area contributed by atoms with Crippen LogP contribution in [0, 0.1) is 18.3 Å². The van der Waals surface area contributed by atoms with Crippen LogP contribution in [0.2, 0.25) is 0 Å². The second-order valence-electron chi connectivity index (χ2n) is 7.32. The Labute approximate surface area is 175 Å². The van der Waals surface area contributed by atoms with Crippen LogP contribution in [0.5, 0.6) is 5.88 Å². The van der Waals surface area contributed by atoms with E-state index in [2.05, 4.69) is 30.3 Å². The highest BCUT2D eigenvalue weighted by Crippen LogP contribution is 2.34. The number of rotatable bonds is 6. The molecule has 0 bridgehead atoms. The Balaban J connectivity index is 1.47. The molecule has 3 aromatic heterocycles. The zero-order valence-electron chi connectivity index (χ0n) is 17.3. The Kier molecular flexibility index (Phi) is 5.59. The molecule has 30 heavy (non-hydrogen) atoms. The predicted molar refractivity (Wildman–Crippen MR) is 111 cm³/mol. The number of nitriles is 1. The molecule has 1 N–H and O–H groups in total. The number of nitrogens with zero attached hydrogens (tertiary/aromatic N) is 7. The molecule has 154 valence electrons. The molecule has 0 unspecified atom stereocenters. The van der Waals surface area contributed by atoms with Crippen molar-refractivity contribution in [1.29, 1.82) is 5.26 Å². The fourth-order valence-electron chi connectivity index (χ4n) is 3.93. The van der Waals surface area contributed by atoms with Gasteiger partial charge in [0.1, 0.15) is 17.6 Å². The number of aromatic nitrogens is 5. The molecule has 0 saturated carbocycles. The average Bonchev–Trinajstić information content (AvgIpc) is 3.33. The number of hydrogen-bond acceptors (Lipinski definition) is 8. The third kappa shape index (κ3) is 3.95. The lowest BCUT2D eigenvalue weighted by atomic mass is 10.1. The van der Waals surface area contributed by atoms with Crippen LogP contribution < -0.4 is 10.1 Å². The summed E-state index contributed by atoms with van der Waals surface area (Å²) in [5.41, 5.74) is 4.20. The van der Waals surface area contributed by atoms with Gasteiger partial charge in [0.2, 0.25) is 5.88 Å². The van der Waals surface area contributed by atoms with Crippen LogP contribution in [0.1, 0.15) is 41.5 Å². The third-order valence-electron chi connectivity index (χ3n) is 5.37. The van der Waals surface area contributed by atoms with Gasteiger partial charge >= 0.3 is 0 Å². The van der Waals surface area contributed by atoms with Gasteiger partial charge in [-0.05, 0) is 38.4 Å². The zero-order chi connectivity index (χ0) is 21.1. The van der Waals surface area contributed by atoms with Gasteiger partial charge < -0.3 is 10.1 Å². The van der Waals surface area contributed by atoms with E-state index < -0.39 is 0 Å². The van der Waals surface area contributed by atoms with E-state index in [9.17, 15) is 0 Å². The maximum atomic E-state index is 8.84. The maximum Gasteiger partial charge on any atom is 0.216 e. The van der Waals surface area contributed by atoms with Crippen LogP contribution in [0.15, 0.2) is 30.7 Å². The van der Waals surface area contributed by atoms with Gasteiger partial charge in [-0.25, -0.2) is 14.6 Å². The molecule has 0 spiro atoms. The van der Waals surface area contributed by atoms with E-state index >= 15 is 0 Å². The molecular formula is C21H24N8O. The number of nitrogens with one attached hydrogen (secondary N) is 1. The van der Waals surface area contributed by atoms with E-state index in [-0.39, 0.29) is 6.04 Å². The van der Waals surface area contributed by atoms with Crippen molar-refractivity contribution in [1.82, 2.24) is 29.6 Å². The first kappa shape index (κ1) is 19.8. The minimum Gasteiger partial charge on any atom is -0.481 e. The predicted octanol–water partition coefficient (Wildman–Crippen LogP) is 2.87. The molecule has 1 atom stereocenters. The quantitative estimate of drug-likeness (QED) is 0.669. The Morgan fingerprint density at radius 2 is 2.10 bits per heavy atom. The molecule has 9 nitrogen and oxygen atoms in total. The minimum absolute atomic E-state index is 0.215. The van der Waals surface area contributed by atoms with Crippen LogP contribution in [-0.4, -0.2) is 43.3 Å². The lowest BCUT2D eigenvalue weighted by Crippen LogP contribution is -2.24. The fourth-order valence-corrected chi connectivity index (χ4v) is 3.93. The fraction of sp³-hybridized carbons (Fsp3) is 0.381. The summed E-state index contributed by atoms with van der Waals surface area (Å²) in [6.45, 7) is 3.79. The van der Waals surface area contributed by atoms with Gasteiger partial charge in [0.25, 0.3) is 0 Å². The number of hydrogen-bond donors (Lipinski definition) is 1. The molecule has 1 saturated heterocycles. The van der Waals surface area contributed by atoms with Crippen molar-refractivity contribution >= 4 is 11.5 Å². The normalized spacial score (nSPS) is 16.4. The summed E-state index contributed by atoms with van der Waals surface area (Å²) in [4.78, 5) is 15.6. The van der Waals surface area contributed by atoms with E-state index in [1.165, 1.54) is 0 Å². The summed E-state index contributed by atoms with van der Waals surface area (Å²) in [7, 11) is 3.58. The number of likely N-dealkylation sites (tertiary alicyclic amines) is 1. The van der Waals surface area contributed by atoms with Crippen LogP contribution in [0.3, 0.4) is 0 Å². The smallest absolute Gasteiger partial charge is 0.216 e. The molecule has 1 fully saturated rings. The van der Waals surface area contributed by atoms with E-state index in [0.717, 1.165) is 54.4 Å². The van der Waals surface area contributed by atoms with Gasteiger partial charge in [0.15, 0.2) is 0 Å². The van der Waals surface area contributed by atoms with Crippen molar-refractivity contribution in [2.45, 2.75) is 32.4 Å². The van der Waals surface area contributed by atoms with Crippen LogP contribution in [0.25, 0.3) is 0 Å². The van der Waals surface area contributed by atoms with E-state index in [4.69, 9.17) is 10.00 Å². The summed E-state index contributed by atoms with van der Waals surface area (Å²) < 4.78 is 7.34. The van der Waals surface area contributed by atoms with Gasteiger partial charge in [-0.1, -0.05) is 0 Å². The highest BCUT2D eigenvalue weighted by atomic mass is 16.5. The molecule has 9 heteroatoms. The number of anilines is 2. The first-order chi connectivity index (χ1) is 14.6. The van der Waals surface area contributed by atoms with Gasteiger partial charge in [0.05, 0.1) is 54.4 Å². The SMILES string of the molecule is COc1c(CN2CCC[C@H]2c2cnc(Nc3ccc(C#N)nc3)cn2)c(C)nn1C. The Hall–Kier alpha value is -3.51. The Morgan fingerprint density at radius 3 is 2.77 bits per heavy atom. The number of ether oxygens (including phenoxy) is 1. The van der Waals surface area contributed by atoms with Crippen LogP contribution in [-0.2, 0) is 13.6 Å². The van der Waals surface area contributed by atoms with Crippen molar-refractivity contribution in [3.8, 4) is 11.9 Å². The molecule has 1 aliphatic heterocycles. The first-order valence-electron chi connectivity index (χ1n) is 9.84. The van der Waals surface area contributed by atoms with Gasteiger partial charge in [-0.15, -0.1) is 0 Å². The second-order valence-corrected chi connectivity index (χ2v) is 7.32. The number of aryl methyl sites for hydroxylation is 2. The molecule has 3 aromatic rings. The molecule has 0 amide bonds. The van der Waals surface area contributed by atoms with Crippen molar-refractivity contribution in [3.63, 3.8) is 0 Å². The van der Waals surface area contributed by atoms with Gasteiger partial charge in [0, 0.05) is 13.6 Å². The summed E-state index contributed by atoms with van der Waals surface area (Å²) in [6.07, 6.45) is 7.33. The second kappa shape index (κ2) is 8.47. The van der Waals surface area contributed by atoms with Gasteiger partial charge in [-0.2, -0.15) is 10.4 Å². The highest BCUT2D eigenvalue weighted by molar-refractivity contribution is 5.54. The molecular weight excluding hydrogens is 380 g/mol. The van der Waals surface area contributed by atoms with Crippen molar-refractivity contribution in [3.05, 3.63) is 53.4 Å². The molecule has 0 aliphatic carbocycles. The van der Waals surface area contributed by atoms with Crippen molar-refractivity contribution in [2.24, 2.45) is 7.05 Å². The van der Waals surface area contributed by atoms with E-state index in [1.807, 2.05) is 26.2 Å². The molecule has 0 radical (unpaired) electrons. The van der Waals surface area contributed by atoms with E-state index in [0.29, 0.717) is 11.5 Å². The summed E-state index contributed by atoms with van der Waals surface area (Å²) in [5, 5.41) is 16.5. The standard InChI is InChI=1S/C21H24N8O/c1-14-17(21(30-3)28(2)27-14)13-29-8-4-5-19(29)18-11-25-20(12-24-18)26-16-7-6-15(9-22)23-10-16/h6-7,10-12,19H,4-5,8,13H2,1-3H3,(H,25,26)/t19-/m0/s1. The Bertz CT molecular complexity index is 1050. The highest BCUT2D eigenvalue weighted by Gasteiger charge is 2.29. The number of pyridine rings is 1. The molecule has 1 aliphatic rings. The zero-order valence-corrected chi connectivity index (χ0v) is 17.3. The monoisotopic (exact) mass is 404 g/mol. The topological polar surface area (TPSA) is 105 Å². The summed E-state index contributed by atoms with van der Waals surface area (Å²) in [5.74, 6) is 1.44. The molecule has 4 rings (SSSR count). The van der Waals surface area contributed by atoms with Crippen LogP contribution >= 0.6 is 0 Å². The minimum atomic E-state index is 0.215. The summed E-state index contributed by atoms with van der Waals surface area (Å²) in [6, 6.07) is 5.68. The van der Waals surface area contributed by atoms with Crippen molar-refractivity contribution < 1.29 is 4.74 Å². The lowest BCUT2D eigenvalue weighted by Gasteiger charge is -2.24. The van der Waals surface area contributed by atoms with Crippen LogP contribution in [0.4, 0.5) is 11.5 Å². The van der Waals surface area contributed by atoms with Crippen molar-refractivity contribution in [2.75, 3.05) is 19.0 Å². The molecule has 0 aromatic carbocycles.